The lowest BCUT2D eigenvalue weighted by molar-refractivity contribution is -0.385. The van der Waals surface area contributed by atoms with Crippen molar-refractivity contribution in [2.75, 3.05) is 0 Å². The van der Waals surface area contributed by atoms with Crippen molar-refractivity contribution >= 4 is 11.7 Å². The highest BCUT2D eigenvalue weighted by atomic mass is 16.6. The van der Waals surface area contributed by atoms with Crippen molar-refractivity contribution in [1.29, 1.82) is 10.5 Å². The first-order chi connectivity index (χ1) is 8.01. The van der Waals surface area contributed by atoms with Crippen LogP contribution in [-0.4, -0.2) is 16.0 Å². The molecular weight excluding hydrogens is 226 g/mol. The van der Waals surface area contributed by atoms with E-state index >= 15 is 0 Å². The molecule has 0 heterocycles. The van der Waals surface area contributed by atoms with Crippen LogP contribution in [0.1, 0.15) is 17.0 Å². The molecule has 0 radical (unpaired) electrons. The van der Waals surface area contributed by atoms with E-state index in [-0.39, 0.29) is 11.1 Å². The van der Waals surface area contributed by atoms with Crippen molar-refractivity contribution in [3.05, 3.63) is 39.4 Å². The molecule has 1 atom stereocenters. The van der Waals surface area contributed by atoms with E-state index in [1.807, 2.05) is 0 Å². The van der Waals surface area contributed by atoms with E-state index < -0.39 is 22.5 Å². The summed E-state index contributed by atoms with van der Waals surface area (Å²) in [7, 11) is 0. The van der Waals surface area contributed by atoms with Crippen molar-refractivity contribution in [3.8, 4) is 12.1 Å². The van der Waals surface area contributed by atoms with Crippen molar-refractivity contribution in [2.24, 2.45) is 0 Å². The summed E-state index contributed by atoms with van der Waals surface area (Å²) in [6.07, 6.45) is 0. The highest BCUT2D eigenvalue weighted by molar-refractivity contribution is 5.81. The lowest BCUT2D eigenvalue weighted by atomic mass is 9.97. The predicted octanol–water partition coefficient (Wildman–Crippen LogP) is 1.16. The number of aliphatic carboxylic acids is 1. The normalized spacial score (nSPS) is 10.9. The summed E-state index contributed by atoms with van der Waals surface area (Å²) in [6, 6.07) is 6.45. The molecule has 0 aliphatic heterocycles. The minimum Gasteiger partial charge on any atom is -0.480 e. The number of hydrogen-bond donors (Lipinski definition) is 1. The van der Waals surface area contributed by atoms with E-state index in [0.29, 0.717) is 0 Å². The van der Waals surface area contributed by atoms with Crippen LogP contribution in [0, 0.1) is 32.8 Å². The fourth-order valence-electron chi connectivity index (χ4n) is 1.27. The third-order valence-corrected chi connectivity index (χ3v) is 2.04. The Kier molecular flexibility index (Phi) is 3.38. The van der Waals surface area contributed by atoms with E-state index in [2.05, 4.69) is 0 Å². The van der Waals surface area contributed by atoms with E-state index in [4.69, 9.17) is 15.6 Å². The number of carboxylic acid groups (broad SMARTS) is 1. The third-order valence-electron chi connectivity index (χ3n) is 2.04. The van der Waals surface area contributed by atoms with Crippen molar-refractivity contribution in [2.45, 2.75) is 5.92 Å². The molecule has 0 spiro atoms. The number of nitriles is 2. The molecular formula is C10H5N3O4. The number of nitrogens with zero attached hydrogens (tertiary/aromatic N) is 3. The highest BCUT2D eigenvalue weighted by Gasteiger charge is 2.27. The molecule has 7 heteroatoms. The number of rotatable bonds is 3. The van der Waals surface area contributed by atoms with Gasteiger partial charge in [0.15, 0.2) is 5.92 Å². The van der Waals surface area contributed by atoms with Crippen LogP contribution in [0.5, 0.6) is 0 Å². The average Bonchev–Trinajstić information content (AvgIpc) is 2.29. The molecule has 0 fully saturated rings. The summed E-state index contributed by atoms with van der Waals surface area (Å²) in [5.41, 5.74) is -0.746. The zero-order valence-corrected chi connectivity index (χ0v) is 8.32. The summed E-state index contributed by atoms with van der Waals surface area (Å²) >= 11 is 0. The van der Waals surface area contributed by atoms with Gasteiger partial charge in [-0.15, -0.1) is 0 Å². The van der Waals surface area contributed by atoms with Gasteiger partial charge in [0, 0.05) is 6.07 Å². The Bertz CT molecular complexity index is 568. The van der Waals surface area contributed by atoms with Crippen LogP contribution >= 0.6 is 0 Å². The average molecular weight is 231 g/mol. The molecule has 1 unspecified atom stereocenters. The van der Waals surface area contributed by atoms with Crippen LogP contribution in [0.2, 0.25) is 0 Å². The largest absolute Gasteiger partial charge is 0.480 e. The number of nitro benzene ring substituents is 1. The molecule has 0 saturated carbocycles. The van der Waals surface area contributed by atoms with Crippen LogP contribution in [0.3, 0.4) is 0 Å². The number of benzene rings is 1. The monoisotopic (exact) mass is 231 g/mol. The van der Waals surface area contributed by atoms with Crippen LogP contribution in [0.4, 0.5) is 5.69 Å². The Labute approximate surface area is 95.3 Å². The van der Waals surface area contributed by atoms with Crippen molar-refractivity contribution in [3.63, 3.8) is 0 Å². The van der Waals surface area contributed by atoms with Crippen LogP contribution in [0.15, 0.2) is 18.2 Å². The number of carboxylic acids is 1. The van der Waals surface area contributed by atoms with Gasteiger partial charge in [0.05, 0.1) is 28.2 Å². The Morgan fingerprint density at radius 2 is 2.12 bits per heavy atom. The van der Waals surface area contributed by atoms with Gasteiger partial charge in [0.25, 0.3) is 5.69 Å². The number of nitro groups is 1. The van der Waals surface area contributed by atoms with Gasteiger partial charge in [-0.1, -0.05) is 0 Å². The van der Waals surface area contributed by atoms with Gasteiger partial charge in [0.2, 0.25) is 0 Å². The molecule has 0 aliphatic carbocycles. The van der Waals surface area contributed by atoms with Crippen molar-refractivity contribution in [1.82, 2.24) is 0 Å². The Morgan fingerprint density at radius 1 is 1.47 bits per heavy atom. The third kappa shape index (κ3) is 2.36. The molecule has 84 valence electrons. The Balaban J connectivity index is 3.44. The van der Waals surface area contributed by atoms with Crippen molar-refractivity contribution < 1.29 is 14.8 Å². The second-order valence-corrected chi connectivity index (χ2v) is 3.04. The molecule has 1 aromatic rings. The predicted molar refractivity (Wildman–Crippen MR) is 53.8 cm³/mol. The summed E-state index contributed by atoms with van der Waals surface area (Å²) in [5, 5.41) is 36.7. The number of hydrogen-bond acceptors (Lipinski definition) is 5. The minimum atomic E-state index is -1.62. The maximum Gasteiger partial charge on any atom is 0.325 e. The molecule has 0 amide bonds. The second kappa shape index (κ2) is 4.73. The van der Waals surface area contributed by atoms with E-state index in [1.165, 1.54) is 12.1 Å². The smallest absolute Gasteiger partial charge is 0.325 e. The maximum atomic E-state index is 10.8. The van der Waals surface area contributed by atoms with Gasteiger partial charge in [0.1, 0.15) is 0 Å². The van der Waals surface area contributed by atoms with Gasteiger partial charge in [-0.25, -0.2) is 0 Å². The van der Waals surface area contributed by atoms with Crippen LogP contribution in [0.25, 0.3) is 0 Å². The minimum absolute atomic E-state index is 0.0301. The Hall–Kier alpha value is -2.93. The molecule has 0 aliphatic rings. The molecule has 1 N–H and O–H groups in total. The first-order valence-corrected chi connectivity index (χ1v) is 4.32. The van der Waals surface area contributed by atoms with Gasteiger partial charge in [-0.3, -0.25) is 14.9 Å². The lowest BCUT2D eigenvalue weighted by Crippen LogP contribution is -2.11. The van der Waals surface area contributed by atoms with E-state index in [9.17, 15) is 14.9 Å². The first-order valence-electron chi connectivity index (χ1n) is 4.32. The standard InChI is InChI=1S/C10H5N3O4/c11-4-6-1-2-7(8(5-12)10(14)15)9(3-6)13(16)17/h1-3,8H,(H,14,15). The first kappa shape index (κ1) is 12.1. The van der Waals surface area contributed by atoms with Crippen LogP contribution < -0.4 is 0 Å². The van der Waals surface area contributed by atoms with Crippen LogP contribution in [-0.2, 0) is 4.79 Å². The topological polar surface area (TPSA) is 128 Å². The fourth-order valence-corrected chi connectivity index (χ4v) is 1.27. The molecule has 1 aromatic carbocycles. The molecule has 17 heavy (non-hydrogen) atoms. The van der Waals surface area contributed by atoms with Gasteiger partial charge in [-0.05, 0) is 12.1 Å². The summed E-state index contributed by atoms with van der Waals surface area (Å²) in [6.45, 7) is 0. The summed E-state index contributed by atoms with van der Waals surface area (Å²) in [5.74, 6) is -3.09. The fraction of sp³-hybridized carbons (Fsp3) is 0.100. The zero-order chi connectivity index (χ0) is 13.0. The quantitative estimate of drug-likeness (QED) is 0.613. The highest BCUT2D eigenvalue weighted by Crippen LogP contribution is 2.27. The lowest BCUT2D eigenvalue weighted by Gasteiger charge is -2.05. The van der Waals surface area contributed by atoms with E-state index in [0.717, 1.165) is 12.1 Å². The summed E-state index contributed by atoms with van der Waals surface area (Å²) < 4.78 is 0. The van der Waals surface area contributed by atoms with Gasteiger partial charge < -0.3 is 5.11 Å². The molecule has 0 aromatic heterocycles. The van der Waals surface area contributed by atoms with E-state index in [1.54, 1.807) is 6.07 Å². The maximum absolute atomic E-state index is 10.8. The molecule has 0 saturated heterocycles. The molecule has 7 nitrogen and oxygen atoms in total. The van der Waals surface area contributed by atoms with Gasteiger partial charge >= 0.3 is 5.97 Å². The Morgan fingerprint density at radius 3 is 2.53 bits per heavy atom. The second-order valence-electron chi connectivity index (χ2n) is 3.04. The number of carbonyl (C=O) groups is 1. The SMILES string of the molecule is N#Cc1ccc(C(C#N)C(=O)O)c([N+](=O)[O-])c1. The van der Waals surface area contributed by atoms with Gasteiger partial charge in [-0.2, -0.15) is 10.5 Å². The molecule has 0 bridgehead atoms. The zero-order valence-electron chi connectivity index (χ0n) is 8.32. The summed E-state index contributed by atoms with van der Waals surface area (Å²) in [4.78, 5) is 20.7. The molecule has 1 rings (SSSR count).